The van der Waals surface area contributed by atoms with Gasteiger partial charge in [-0.25, -0.2) is 0 Å². The zero-order chi connectivity index (χ0) is 22.7. The molecule has 2 aromatic heterocycles. The van der Waals surface area contributed by atoms with E-state index < -0.39 is 0 Å². The molecule has 0 radical (unpaired) electrons. The molecule has 0 fully saturated rings. The van der Waals surface area contributed by atoms with Crippen molar-refractivity contribution < 1.29 is 0 Å². The summed E-state index contributed by atoms with van der Waals surface area (Å²) in [6, 6.07) is 30.2. The molecule has 0 amide bonds. The van der Waals surface area contributed by atoms with Gasteiger partial charge in [0.2, 0.25) is 0 Å². The maximum atomic E-state index is 10.1. The second-order valence-corrected chi connectivity index (χ2v) is 7.80. The number of benzene rings is 4. The van der Waals surface area contributed by atoms with Gasteiger partial charge in [-0.15, -0.1) is 0 Å². The third-order valence-corrected chi connectivity index (χ3v) is 6.31. The van der Waals surface area contributed by atoms with Gasteiger partial charge in [0.05, 0.1) is 38.8 Å². The Morgan fingerprint density at radius 3 is 1.88 bits per heavy atom. The van der Waals surface area contributed by atoms with Crippen molar-refractivity contribution in [1.29, 1.82) is 21.0 Å². The Morgan fingerprint density at radius 2 is 1.15 bits per heavy atom. The molecule has 0 saturated carbocycles. The monoisotopic (exact) mass is 417 g/mol. The van der Waals surface area contributed by atoms with Crippen LogP contribution in [0.15, 0.2) is 66.7 Å². The van der Waals surface area contributed by atoms with Crippen LogP contribution in [0.5, 0.6) is 0 Å². The first kappa shape index (κ1) is 18.4. The Bertz CT molecular complexity index is 2020. The van der Waals surface area contributed by atoms with Gasteiger partial charge in [0.15, 0.2) is 0 Å². The highest BCUT2D eigenvalue weighted by Crippen LogP contribution is 2.41. The molecule has 4 aromatic carbocycles. The first-order valence-electron chi connectivity index (χ1n) is 10.2. The summed E-state index contributed by atoms with van der Waals surface area (Å²) in [6.45, 7) is 0. The average molecular weight is 417 g/mol. The van der Waals surface area contributed by atoms with Crippen molar-refractivity contribution in [3.8, 4) is 24.3 Å². The van der Waals surface area contributed by atoms with Crippen molar-refractivity contribution >= 4 is 48.9 Å². The average Bonchev–Trinajstić information content (AvgIpc) is 3.26. The fourth-order valence-electron chi connectivity index (χ4n) is 5.00. The number of para-hydroxylation sites is 1. The van der Waals surface area contributed by atoms with Crippen molar-refractivity contribution in [1.82, 2.24) is 4.40 Å². The van der Waals surface area contributed by atoms with Gasteiger partial charge in [0.25, 0.3) is 0 Å². The summed E-state index contributed by atoms with van der Waals surface area (Å²) < 4.78 is 1.96. The predicted octanol–water partition coefficient (Wildman–Crippen LogP) is 6.04. The van der Waals surface area contributed by atoms with Crippen LogP contribution in [0, 0.1) is 45.3 Å². The third-order valence-electron chi connectivity index (χ3n) is 6.31. The first-order valence-corrected chi connectivity index (χ1v) is 10.2. The largest absolute Gasteiger partial charge is 0.307 e. The number of pyridine rings is 1. The Balaban J connectivity index is 2.14. The van der Waals surface area contributed by atoms with Crippen LogP contribution in [0.1, 0.15) is 22.3 Å². The van der Waals surface area contributed by atoms with Gasteiger partial charge in [0, 0.05) is 16.2 Å². The van der Waals surface area contributed by atoms with E-state index in [0.29, 0.717) is 10.9 Å². The molecule has 0 spiro atoms. The second kappa shape index (κ2) is 6.57. The SMILES string of the molecule is N#Cc1c(C#N)c(C#N)c2c(c1C#N)c1ccc3ccccc3c1c1cc3ccccc3n12. The van der Waals surface area contributed by atoms with E-state index in [1.165, 1.54) is 0 Å². The quantitative estimate of drug-likeness (QED) is 0.281. The van der Waals surface area contributed by atoms with Gasteiger partial charge in [0.1, 0.15) is 24.3 Å². The summed E-state index contributed by atoms with van der Waals surface area (Å²) in [5, 5.41) is 45.2. The lowest BCUT2D eigenvalue weighted by Crippen LogP contribution is -2.03. The lowest BCUT2D eigenvalue weighted by Gasteiger charge is -2.16. The smallest absolute Gasteiger partial charge is 0.103 e. The number of nitriles is 4. The molecular weight excluding hydrogens is 406 g/mol. The fourth-order valence-corrected chi connectivity index (χ4v) is 5.00. The van der Waals surface area contributed by atoms with Crippen LogP contribution in [0.25, 0.3) is 48.9 Å². The Hall–Kier alpha value is -5.36. The van der Waals surface area contributed by atoms with Crippen molar-refractivity contribution in [2.75, 3.05) is 0 Å². The van der Waals surface area contributed by atoms with E-state index in [2.05, 4.69) is 18.2 Å². The number of fused-ring (bicyclic) bond motifs is 10. The fraction of sp³-hybridized carbons (Fsp3) is 0. The van der Waals surface area contributed by atoms with E-state index in [1.54, 1.807) is 0 Å². The molecule has 5 nitrogen and oxygen atoms in total. The number of hydrogen-bond donors (Lipinski definition) is 0. The van der Waals surface area contributed by atoms with Gasteiger partial charge in [-0.2, -0.15) is 21.0 Å². The van der Waals surface area contributed by atoms with Gasteiger partial charge >= 0.3 is 0 Å². The Kier molecular flexibility index (Phi) is 3.66. The van der Waals surface area contributed by atoms with Crippen molar-refractivity contribution in [2.24, 2.45) is 0 Å². The molecular formula is C28H11N5. The van der Waals surface area contributed by atoms with E-state index in [1.807, 2.05) is 77.2 Å². The second-order valence-electron chi connectivity index (χ2n) is 7.80. The normalized spacial score (nSPS) is 10.9. The molecule has 0 atom stereocenters. The lowest BCUT2D eigenvalue weighted by molar-refractivity contribution is 1.31. The van der Waals surface area contributed by atoms with Gasteiger partial charge < -0.3 is 4.40 Å². The minimum Gasteiger partial charge on any atom is -0.307 e. The third kappa shape index (κ3) is 2.21. The van der Waals surface area contributed by atoms with Crippen LogP contribution in [0.3, 0.4) is 0 Å². The van der Waals surface area contributed by atoms with Crippen LogP contribution in [0.4, 0.5) is 0 Å². The molecule has 148 valence electrons. The van der Waals surface area contributed by atoms with Gasteiger partial charge in [-0.05, 0) is 28.3 Å². The molecule has 0 bridgehead atoms. The highest BCUT2D eigenvalue weighted by molar-refractivity contribution is 6.26. The maximum Gasteiger partial charge on any atom is 0.103 e. The molecule has 0 N–H and O–H groups in total. The summed E-state index contributed by atoms with van der Waals surface area (Å²) in [7, 11) is 0. The van der Waals surface area contributed by atoms with E-state index >= 15 is 0 Å². The highest BCUT2D eigenvalue weighted by atomic mass is 14.9. The molecule has 0 aliphatic carbocycles. The standard InChI is InChI=1S/C28H11N5/c29-12-20-21(13-30)23(15-32)28-27(22(20)14-31)19-10-9-16-5-1-3-7-18(16)26(19)25-11-17-6-2-4-8-24(17)33(25)28/h1-11H. The predicted molar refractivity (Wildman–Crippen MR) is 126 cm³/mol. The summed E-state index contributed by atoms with van der Waals surface area (Å²) in [5.74, 6) is 0. The lowest BCUT2D eigenvalue weighted by atomic mass is 9.89. The Labute approximate surface area is 187 Å². The first-order chi connectivity index (χ1) is 16.2. The molecule has 0 aliphatic heterocycles. The van der Waals surface area contributed by atoms with Crippen LogP contribution in [0.2, 0.25) is 0 Å². The molecule has 0 unspecified atom stereocenters. The molecule has 2 heterocycles. The molecule has 6 aromatic rings. The minimum absolute atomic E-state index is 0.0608. The van der Waals surface area contributed by atoms with Crippen molar-refractivity contribution in [2.45, 2.75) is 0 Å². The maximum absolute atomic E-state index is 10.1. The van der Waals surface area contributed by atoms with Crippen LogP contribution < -0.4 is 0 Å². The molecule has 5 heteroatoms. The van der Waals surface area contributed by atoms with Gasteiger partial charge in [-0.3, -0.25) is 0 Å². The molecule has 0 saturated heterocycles. The zero-order valence-electron chi connectivity index (χ0n) is 17.1. The zero-order valence-corrected chi connectivity index (χ0v) is 17.1. The van der Waals surface area contributed by atoms with Crippen LogP contribution >= 0.6 is 0 Å². The number of nitrogens with zero attached hydrogens (tertiary/aromatic N) is 5. The van der Waals surface area contributed by atoms with E-state index in [4.69, 9.17) is 0 Å². The van der Waals surface area contributed by atoms with E-state index in [9.17, 15) is 21.0 Å². The molecule has 33 heavy (non-hydrogen) atoms. The minimum atomic E-state index is -0.0664. The van der Waals surface area contributed by atoms with Crippen LogP contribution in [-0.4, -0.2) is 4.40 Å². The summed E-state index contributed by atoms with van der Waals surface area (Å²) in [6.07, 6.45) is 0. The number of hydrogen-bond acceptors (Lipinski definition) is 4. The highest BCUT2D eigenvalue weighted by Gasteiger charge is 2.25. The number of rotatable bonds is 0. The van der Waals surface area contributed by atoms with E-state index in [0.717, 1.165) is 38.0 Å². The summed E-state index contributed by atoms with van der Waals surface area (Å²) in [4.78, 5) is 0. The van der Waals surface area contributed by atoms with Gasteiger partial charge in [-0.1, -0.05) is 54.6 Å². The summed E-state index contributed by atoms with van der Waals surface area (Å²) >= 11 is 0. The van der Waals surface area contributed by atoms with E-state index in [-0.39, 0.29) is 22.3 Å². The van der Waals surface area contributed by atoms with Crippen molar-refractivity contribution in [3.05, 3.63) is 89.0 Å². The summed E-state index contributed by atoms with van der Waals surface area (Å²) in [5.41, 5.74) is 2.31. The number of aromatic nitrogens is 1. The van der Waals surface area contributed by atoms with Crippen molar-refractivity contribution in [3.63, 3.8) is 0 Å². The van der Waals surface area contributed by atoms with Crippen LogP contribution in [-0.2, 0) is 0 Å². The topological polar surface area (TPSA) is 99.6 Å². The molecule has 0 aliphatic rings. The Morgan fingerprint density at radius 1 is 0.515 bits per heavy atom. The molecule has 6 rings (SSSR count).